The van der Waals surface area contributed by atoms with E-state index >= 15 is 0 Å². The van der Waals surface area contributed by atoms with Gasteiger partial charge in [-0.3, -0.25) is 0 Å². The third-order valence-electron chi connectivity index (χ3n) is 2.21. The molecule has 1 saturated heterocycles. The van der Waals surface area contributed by atoms with Crippen LogP contribution in [0.1, 0.15) is 0 Å². The summed E-state index contributed by atoms with van der Waals surface area (Å²) in [6.07, 6.45) is -5.50. The summed E-state index contributed by atoms with van der Waals surface area (Å²) in [5.74, 6) is 0. The Labute approximate surface area is 85.3 Å². The Bertz CT molecular complexity index is 238. The minimum Gasteiger partial charge on any atom is -0.394 e. The topological polar surface area (TPSA) is 145 Å². The maximum Gasteiger partial charge on any atom is 0.312 e. The Morgan fingerprint density at radius 2 is 1.93 bits per heavy atom. The highest BCUT2D eigenvalue weighted by Crippen LogP contribution is 2.19. The van der Waals surface area contributed by atoms with E-state index in [4.69, 9.17) is 15.6 Å². The van der Waals surface area contributed by atoms with Gasteiger partial charge >= 0.3 is 6.03 Å². The van der Waals surface area contributed by atoms with Crippen molar-refractivity contribution in [3.05, 3.63) is 0 Å². The molecule has 1 aliphatic heterocycles. The van der Waals surface area contributed by atoms with Gasteiger partial charge in [-0.05, 0) is 0 Å². The van der Waals surface area contributed by atoms with Crippen LogP contribution in [0.25, 0.3) is 0 Å². The average molecular weight is 222 g/mol. The van der Waals surface area contributed by atoms with Crippen LogP contribution in [0.5, 0.6) is 0 Å². The number of nitrogens with one attached hydrogen (secondary N) is 1. The summed E-state index contributed by atoms with van der Waals surface area (Å²) < 4.78 is 4.76. The van der Waals surface area contributed by atoms with Crippen molar-refractivity contribution >= 4 is 6.03 Å². The maximum absolute atomic E-state index is 10.5. The first-order valence-electron chi connectivity index (χ1n) is 4.34. The lowest BCUT2D eigenvalue weighted by Gasteiger charge is -2.39. The highest BCUT2D eigenvalue weighted by Gasteiger charge is 2.44. The lowest BCUT2D eigenvalue weighted by Crippen LogP contribution is -2.64. The van der Waals surface area contributed by atoms with Gasteiger partial charge in [0.15, 0.2) is 6.29 Å². The monoisotopic (exact) mass is 222 g/mol. The Kier molecular flexibility index (Phi) is 3.83. The van der Waals surface area contributed by atoms with E-state index in [-0.39, 0.29) is 0 Å². The van der Waals surface area contributed by atoms with Crippen molar-refractivity contribution in [1.82, 2.24) is 5.32 Å². The van der Waals surface area contributed by atoms with Gasteiger partial charge in [-0.15, -0.1) is 0 Å². The minimum atomic E-state index is -1.53. The van der Waals surface area contributed by atoms with Crippen molar-refractivity contribution in [3.8, 4) is 0 Å². The highest BCUT2D eigenvalue weighted by atomic mass is 16.6. The summed E-state index contributed by atoms with van der Waals surface area (Å²) in [5.41, 5.74) is 4.80. The van der Waals surface area contributed by atoms with Crippen LogP contribution in [0.3, 0.4) is 0 Å². The summed E-state index contributed by atoms with van der Waals surface area (Å²) >= 11 is 0. The summed E-state index contributed by atoms with van der Waals surface area (Å²) in [4.78, 5) is 10.5. The maximum atomic E-state index is 10.5. The fourth-order valence-corrected chi connectivity index (χ4v) is 1.42. The van der Waals surface area contributed by atoms with Crippen LogP contribution >= 0.6 is 0 Å². The number of carbonyl (C=O) groups excluding carboxylic acids is 1. The largest absolute Gasteiger partial charge is 0.394 e. The Morgan fingerprint density at radius 3 is 2.40 bits per heavy atom. The number of ether oxygens (including phenoxy) is 1. The Hall–Kier alpha value is -0.930. The van der Waals surface area contributed by atoms with E-state index < -0.39 is 43.3 Å². The number of hydrogen-bond donors (Lipinski definition) is 6. The Balaban J connectivity index is 2.70. The highest BCUT2D eigenvalue weighted by molar-refractivity contribution is 5.72. The first-order valence-corrected chi connectivity index (χ1v) is 4.34. The molecule has 1 aliphatic rings. The average Bonchev–Trinajstić information content (AvgIpc) is 2.18. The molecule has 0 bridgehead atoms. The molecule has 0 radical (unpaired) electrons. The van der Waals surface area contributed by atoms with Gasteiger partial charge in [-0.1, -0.05) is 0 Å². The molecule has 5 atom stereocenters. The molecule has 0 aromatic carbocycles. The number of nitrogens with two attached hydrogens (primary N) is 1. The molecule has 8 heteroatoms. The molecule has 8 nitrogen and oxygen atoms in total. The van der Waals surface area contributed by atoms with Crippen LogP contribution in [0.15, 0.2) is 0 Å². The second-order valence-corrected chi connectivity index (χ2v) is 3.26. The predicted octanol–water partition coefficient (Wildman–Crippen LogP) is -3.55. The molecular weight excluding hydrogens is 208 g/mol. The van der Waals surface area contributed by atoms with Gasteiger partial charge in [-0.2, -0.15) is 0 Å². The normalized spacial score (nSPS) is 41.2. The molecule has 0 unspecified atom stereocenters. The summed E-state index contributed by atoms with van der Waals surface area (Å²) in [7, 11) is 0. The second kappa shape index (κ2) is 4.73. The molecule has 88 valence electrons. The van der Waals surface area contributed by atoms with Crippen molar-refractivity contribution < 1.29 is 30.0 Å². The second-order valence-electron chi connectivity index (χ2n) is 3.26. The molecular formula is C7H14N2O6. The van der Waals surface area contributed by atoms with E-state index in [1.807, 2.05) is 5.32 Å². The van der Waals surface area contributed by atoms with E-state index in [1.54, 1.807) is 0 Å². The number of carbonyl (C=O) groups is 1. The quantitative estimate of drug-likeness (QED) is 0.285. The van der Waals surface area contributed by atoms with Crippen molar-refractivity contribution in [2.75, 3.05) is 6.61 Å². The van der Waals surface area contributed by atoms with Gasteiger partial charge in [0, 0.05) is 0 Å². The van der Waals surface area contributed by atoms with Crippen molar-refractivity contribution in [2.24, 2.45) is 5.73 Å². The molecule has 1 rings (SSSR count). The zero-order valence-electron chi connectivity index (χ0n) is 7.78. The van der Waals surface area contributed by atoms with Gasteiger partial charge < -0.3 is 36.2 Å². The van der Waals surface area contributed by atoms with Crippen LogP contribution < -0.4 is 11.1 Å². The number of aliphatic hydroxyl groups is 4. The SMILES string of the molecule is NC(=O)N[C@H]1[C@@H](O)[C@H](O)[C@@H](CO)O[C@H]1O. The van der Waals surface area contributed by atoms with E-state index in [0.717, 1.165) is 0 Å². The van der Waals surface area contributed by atoms with Crippen molar-refractivity contribution in [3.63, 3.8) is 0 Å². The summed E-state index contributed by atoms with van der Waals surface area (Å²) in [6.45, 7) is -0.557. The first-order chi connectivity index (χ1) is 6.97. The van der Waals surface area contributed by atoms with Gasteiger partial charge in [0.05, 0.1) is 6.61 Å². The van der Waals surface area contributed by atoms with E-state index in [2.05, 4.69) is 0 Å². The molecule has 0 aliphatic carbocycles. The molecule has 0 saturated carbocycles. The molecule has 1 heterocycles. The van der Waals surface area contributed by atoms with Gasteiger partial charge in [-0.25, -0.2) is 4.79 Å². The van der Waals surface area contributed by atoms with E-state index in [0.29, 0.717) is 0 Å². The van der Waals surface area contributed by atoms with Crippen LogP contribution in [0.4, 0.5) is 4.79 Å². The number of hydrogen-bond acceptors (Lipinski definition) is 6. The molecule has 0 aromatic heterocycles. The third kappa shape index (κ3) is 2.55. The zero-order chi connectivity index (χ0) is 11.6. The minimum absolute atomic E-state index is 0.557. The number of amides is 2. The van der Waals surface area contributed by atoms with Crippen LogP contribution in [-0.2, 0) is 4.74 Å². The fraction of sp³-hybridized carbons (Fsp3) is 0.857. The predicted molar refractivity (Wildman–Crippen MR) is 46.5 cm³/mol. The first kappa shape index (κ1) is 12.1. The smallest absolute Gasteiger partial charge is 0.312 e. The van der Waals surface area contributed by atoms with Crippen LogP contribution in [0, 0.1) is 0 Å². The van der Waals surface area contributed by atoms with Gasteiger partial charge in [0.2, 0.25) is 0 Å². The van der Waals surface area contributed by atoms with Crippen LogP contribution in [0.2, 0.25) is 0 Å². The number of primary amides is 1. The van der Waals surface area contributed by atoms with E-state index in [9.17, 15) is 20.1 Å². The number of urea groups is 1. The molecule has 0 aromatic rings. The lowest BCUT2D eigenvalue weighted by molar-refractivity contribution is -0.252. The number of rotatable bonds is 2. The van der Waals surface area contributed by atoms with E-state index in [1.165, 1.54) is 0 Å². The third-order valence-corrected chi connectivity index (χ3v) is 2.21. The summed E-state index contributed by atoms with van der Waals surface area (Å²) in [5, 5.41) is 39.0. The van der Waals surface area contributed by atoms with Crippen molar-refractivity contribution in [1.29, 1.82) is 0 Å². The number of aliphatic hydroxyl groups excluding tert-OH is 4. The molecule has 2 amide bonds. The molecule has 0 spiro atoms. The zero-order valence-corrected chi connectivity index (χ0v) is 7.78. The van der Waals surface area contributed by atoms with Crippen LogP contribution in [-0.4, -0.2) is 63.7 Å². The summed E-state index contributed by atoms with van der Waals surface area (Å²) in [6, 6.07) is -2.18. The van der Waals surface area contributed by atoms with Crippen molar-refractivity contribution in [2.45, 2.75) is 30.6 Å². The fourth-order valence-electron chi connectivity index (χ4n) is 1.42. The Morgan fingerprint density at radius 1 is 1.33 bits per heavy atom. The molecule has 15 heavy (non-hydrogen) atoms. The van der Waals surface area contributed by atoms with Gasteiger partial charge in [0.1, 0.15) is 24.4 Å². The molecule has 7 N–H and O–H groups in total. The lowest BCUT2D eigenvalue weighted by atomic mass is 9.97. The standard InChI is InChI=1S/C7H14N2O6/c8-7(14)9-3-5(12)4(11)2(1-10)15-6(3)13/h2-6,10-13H,1H2,(H3,8,9,14)/t2-,3+,4-,5-,6-/m1/s1. The van der Waals surface area contributed by atoms with Gasteiger partial charge in [0.25, 0.3) is 0 Å². The molecule has 1 fully saturated rings.